The summed E-state index contributed by atoms with van der Waals surface area (Å²) in [5, 5.41) is 3.17. The molecule has 0 aliphatic carbocycles. The number of aryl methyl sites for hydroxylation is 2. The van der Waals surface area contributed by atoms with Gasteiger partial charge in [-0.2, -0.15) is 0 Å². The van der Waals surface area contributed by atoms with Gasteiger partial charge in [-0.1, -0.05) is 55.8 Å². The van der Waals surface area contributed by atoms with Gasteiger partial charge in [-0.15, -0.1) is 11.8 Å². The van der Waals surface area contributed by atoms with Crippen LogP contribution in [0.3, 0.4) is 0 Å². The van der Waals surface area contributed by atoms with Crippen LogP contribution in [0.4, 0.5) is 10.5 Å². The highest BCUT2D eigenvalue weighted by atomic mass is 32.2. The molecule has 1 saturated heterocycles. The first-order valence-electron chi connectivity index (χ1n) is 8.82. The summed E-state index contributed by atoms with van der Waals surface area (Å²) in [6, 6.07) is 14.8. The van der Waals surface area contributed by atoms with E-state index in [1.165, 1.54) is 16.7 Å². The van der Waals surface area contributed by atoms with Crippen molar-refractivity contribution in [2.75, 3.05) is 17.6 Å². The molecular formula is C21H26N2OS. The molecule has 2 aromatic carbocycles. The molecule has 0 saturated carbocycles. The molecule has 0 aromatic heterocycles. The van der Waals surface area contributed by atoms with Gasteiger partial charge in [0.05, 0.1) is 0 Å². The maximum atomic E-state index is 12.8. The summed E-state index contributed by atoms with van der Waals surface area (Å²) in [6.07, 6.45) is 0. The number of nitrogens with one attached hydrogen (secondary N) is 1. The van der Waals surface area contributed by atoms with Crippen LogP contribution < -0.4 is 5.32 Å². The average molecular weight is 355 g/mol. The lowest BCUT2D eigenvalue weighted by Crippen LogP contribution is -2.34. The van der Waals surface area contributed by atoms with Gasteiger partial charge in [-0.25, -0.2) is 4.79 Å². The Morgan fingerprint density at radius 3 is 2.52 bits per heavy atom. The van der Waals surface area contributed by atoms with E-state index in [2.05, 4.69) is 56.4 Å². The highest BCUT2D eigenvalue weighted by Gasteiger charge is 2.30. The van der Waals surface area contributed by atoms with Gasteiger partial charge in [0.15, 0.2) is 0 Å². The van der Waals surface area contributed by atoms with Gasteiger partial charge < -0.3 is 10.2 Å². The Kier molecular flexibility index (Phi) is 5.38. The second kappa shape index (κ2) is 7.52. The van der Waals surface area contributed by atoms with E-state index in [0.717, 1.165) is 23.5 Å². The molecule has 4 heteroatoms. The maximum absolute atomic E-state index is 12.8. The van der Waals surface area contributed by atoms with Crippen molar-refractivity contribution in [3.8, 4) is 0 Å². The van der Waals surface area contributed by atoms with E-state index in [1.807, 2.05) is 35.7 Å². The molecule has 1 aliphatic heterocycles. The fourth-order valence-electron chi connectivity index (χ4n) is 3.14. The van der Waals surface area contributed by atoms with E-state index in [1.54, 1.807) is 0 Å². The molecule has 3 nitrogen and oxygen atoms in total. The number of urea groups is 1. The number of anilines is 1. The first-order chi connectivity index (χ1) is 12.0. The summed E-state index contributed by atoms with van der Waals surface area (Å²) in [6.45, 7) is 9.26. The van der Waals surface area contributed by atoms with Crippen LogP contribution in [0.15, 0.2) is 42.5 Å². The van der Waals surface area contributed by atoms with E-state index in [4.69, 9.17) is 0 Å². The van der Waals surface area contributed by atoms with Crippen LogP contribution >= 0.6 is 11.8 Å². The van der Waals surface area contributed by atoms with E-state index >= 15 is 0 Å². The quantitative estimate of drug-likeness (QED) is 0.766. The Labute approximate surface area is 154 Å². The van der Waals surface area contributed by atoms with Gasteiger partial charge in [0.1, 0.15) is 5.37 Å². The zero-order chi connectivity index (χ0) is 18.0. The molecule has 0 radical (unpaired) electrons. The van der Waals surface area contributed by atoms with Crippen molar-refractivity contribution in [3.63, 3.8) is 0 Å². The third kappa shape index (κ3) is 4.01. The molecule has 0 bridgehead atoms. The Balaban J connectivity index is 1.75. The average Bonchev–Trinajstić information content (AvgIpc) is 3.07. The summed E-state index contributed by atoms with van der Waals surface area (Å²) in [7, 11) is 0. The Hall–Kier alpha value is -1.94. The summed E-state index contributed by atoms with van der Waals surface area (Å²) in [5.74, 6) is 1.49. The minimum absolute atomic E-state index is 0.0186. The molecule has 132 valence electrons. The van der Waals surface area contributed by atoms with Gasteiger partial charge in [-0.3, -0.25) is 0 Å². The molecule has 0 unspecified atom stereocenters. The Morgan fingerprint density at radius 1 is 1.16 bits per heavy atom. The lowest BCUT2D eigenvalue weighted by molar-refractivity contribution is 0.214. The monoisotopic (exact) mass is 354 g/mol. The fourth-order valence-corrected chi connectivity index (χ4v) is 4.40. The second-order valence-corrected chi connectivity index (χ2v) is 8.17. The predicted octanol–water partition coefficient (Wildman–Crippen LogP) is 5.71. The van der Waals surface area contributed by atoms with E-state index < -0.39 is 0 Å². The number of rotatable bonds is 3. The third-order valence-corrected chi connectivity index (χ3v) is 5.92. The molecule has 3 rings (SSSR count). The molecular weight excluding hydrogens is 328 g/mol. The van der Waals surface area contributed by atoms with Crippen molar-refractivity contribution >= 4 is 23.5 Å². The van der Waals surface area contributed by atoms with E-state index in [0.29, 0.717) is 5.92 Å². The van der Waals surface area contributed by atoms with Gasteiger partial charge >= 0.3 is 6.03 Å². The molecule has 2 amide bonds. The lowest BCUT2D eigenvalue weighted by Gasteiger charge is -2.25. The van der Waals surface area contributed by atoms with Crippen LogP contribution in [0.25, 0.3) is 0 Å². The Bertz CT molecular complexity index is 755. The van der Waals surface area contributed by atoms with Crippen LogP contribution in [0.1, 0.15) is 47.4 Å². The van der Waals surface area contributed by atoms with Gasteiger partial charge in [-0.05, 0) is 42.5 Å². The third-order valence-electron chi connectivity index (χ3n) is 4.66. The van der Waals surface area contributed by atoms with Gasteiger partial charge in [0.2, 0.25) is 0 Å². The lowest BCUT2D eigenvalue weighted by atomic mass is 10.0. The van der Waals surface area contributed by atoms with Crippen molar-refractivity contribution in [1.82, 2.24) is 4.90 Å². The summed E-state index contributed by atoms with van der Waals surface area (Å²) in [5.41, 5.74) is 5.72. The number of carbonyl (C=O) groups is 1. The number of thioether (sulfide) groups is 1. The molecule has 1 fully saturated rings. The minimum atomic E-state index is -0.0186. The zero-order valence-electron chi connectivity index (χ0n) is 15.4. The largest absolute Gasteiger partial charge is 0.323 e. The molecule has 0 spiro atoms. The molecule has 1 N–H and O–H groups in total. The predicted molar refractivity (Wildman–Crippen MR) is 107 cm³/mol. The van der Waals surface area contributed by atoms with Gasteiger partial charge in [0, 0.05) is 18.0 Å². The SMILES string of the molecule is Cc1ccc(NC(=O)N2CCS[C@H]2c2ccc(C(C)C)cc2)c(C)c1. The van der Waals surface area contributed by atoms with E-state index in [-0.39, 0.29) is 11.4 Å². The first kappa shape index (κ1) is 17.9. The smallest absolute Gasteiger partial charge is 0.308 e. The molecule has 25 heavy (non-hydrogen) atoms. The molecule has 1 aliphatic rings. The Morgan fingerprint density at radius 2 is 1.88 bits per heavy atom. The van der Waals surface area contributed by atoms with Crippen LogP contribution in [-0.4, -0.2) is 23.2 Å². The summed E-state index contributed by atoms with van der Waals surface area (Å²) in [4.78, 5) is 14.8. The first-order valence-corrected chi connectivity index (χ1v) is 9.87. The van der Waals surface area contributed by atoms with Crippen molar-refractivity contribution in [2.24, 2.45) is 0 Å². The zero-order valence-corrected chi connectivity index (χ0v) is 16.2. The molecule has 2 aromatic rings. The van der Waals surface area contributed by atoms with Crippen molar-refractivity contribution in [3.05, 3.63) is 64.7 Å². The highest BCUT2D eigenvalue weighted by molar-refractivity contribution is 7.99. The summed E-state index contributed by atoms with van der Waals surface area (Å²) >= 11 is 1.83. The maximum Gasteiger partial charge on any atom is 0.323 e. The summed E-state index contributed by atoms with van der Waals surface area (Å²) < 4.78 is 0. The van der Waals surface area contributed by atoms with Crippen molar-refractivity contribution < 1.29 is 4.79 Å². The van der Waals surface area contributed by atoms with Crippen LogP contribution in [0.5, 0.6) is 0 Å². The van der Waals surface area contributed by atoms with Crippen LogP contribution in [0, 0.1) is 13.8 Å². The van der Waals surface area contributed by atoms with E-state index in [9.17, 15) is 4.79 Å². The minimum Gasteiger partial charge on any atom is -0.308 e. The molecule has 1 heterocycles. The van der Waals surface area contributed by atoms with Gasteiger partial charge in [0.25, 0.3) is 0 Å². The second-order valence-electron chi connectivity index (χ2n) is 6.99. The highest BCUT2D eigenvalue weighted by Crippen LogP contribution is 2.38. The number of amides is 2. The number of hydrogen-bond donors (Lipinski definition) is 1. The fraction of sp³-hybridized carbons (Fsp3) is 0.381. The number of hydrogen-bond acceptors (Lipinski definition) is 2. The normalized spacial score (nSPS) is 17.2. The standard InChI is InChI=1S/C21H26N2OS/c1-14(2)17-6-8-18(9-7-17)20-23(11-12-25-20)21(24)22-19-10-5-15(3)13-16(19)4/h5-10,13-14,20H,11-12H2,1-4H3,(H,22,24)/t20-/m0/s1. The van der Waals surface area contributed by atoms with Crippen molar-refractivity contribution in [1.29, 1.82) is 0 Å². The molecule has 1 atom stereocenters. The van der Waals surface area contributed by atoms with Crippen molar-refractivity contribution in [2.45, 2.75) is 39.0 Å². The topological polar surface area (TPSA) is 32.3 Å². The number of nitrogens with zero attached hydrogens (tertiary/aromatic N) is 1. The number of benzene rings is 2. The number of carbonyl (C=O) groups excluding carboxylic acids is 1. The van der Waals surface area contributed by atoms with Crippen LogP contribution in [-0.2, 0) is 0 Å². The van der Waals surface area contributed by atoms with Crippen LogP contribution in [0.2, 0.25) is 0 Å².